The summed E-state index contributed by atoms with van der Waals surface area (Å²) in [6.07, 6.45) is 3.77. The Morgan fingerprint density at radius 2 is 1.81 bits per heavy atom. The second-order valence-corrected chi connectivity index (χ2v) is 4.91. The minimum absolute atomic E-state index is 0.0573. The number of benzene rings is 1. The van der Waals surface area contributed by atoms with Crippen molar-refractivity contribution in [2.45, 2.75) is 39.0 Å². The Balaban J connectivity index is 2.19. The zero-order valence-corrected chi connectivity index (χ0v) is 10.2. The largest absolute Gasteiger partial charge is 0.371 e. The lowest BCUT2D eigenvalue weighted by atomic mass is 10.0. The highest BCUT2D eigenvalue weighted by atomic mass is 19.1. The summed E-state index contributed by atoms with van der Waals surface area (Å²) in [5, 5.41) is 0. The minimum atomic E-state index is -0.0573. The average molecular weight is 221 g/mol. The average Bonchev–Trinajstić information content (AvgIpc) is 2.29. The molecular formula is C14H20FN. The van der Waals surface area contributed by atoms with Crippen molar-refractivity contribution in [3.8, 4) is 0 Å². The molecule has 16 heavy (non-hydrogen) atoms. The lowest BCUT2D eigenvalue weighted by Gasteiger charge is -2.29. The van der Waals surface area contributed by atoms with Crippen molar-refractivity contribution >= 4 is 5.69 Å². The topological polar surface area (TPSA) is 3.24 Å². The first-order valence-electron chi connectivity index (χ1n) is 6.23. The summed E-state index contributed by atoms with van der Waals surface area (Å²) in [5.74, 6) is 0.202. The molecular weight excluding hydrogens is 201 g/mol. The highest BCUT2D eigenvalue weighted by Crippen LogP contribution is 2.25. The molecule has 1 aliphatic heterocycles. The van der Waals surface area contributed by atoms with Gasteiger partial charge in [-0.05, 0) is 42.9 Å². The van der Waals surface area contributed by atoms with Gasteiger partial charge >= 0.3 is 0 Å². The highest BCUT2D eigenvalue weighted by Gasteiger charge is 2.13. The molecule has 0 saturated carbocycles. The van der Waals surface area contributed by atoms with Crippen molar-refractivity contribution in [2.75, 3.05) is 18.0 Å². The third-order valence-corrected chi connectivity index (χ3v) is 3.33. The van der Waals surface area contributed by atoms with E-state index in [1.54, 1.807) is 6.07 Å². The molecule has 1 nitrogen and oxygen atoms in total. The van der Waals surface area contributed by atoms with Gasteiger partial charge in [0.05, 0.1) is 0 Å². The summed E-state index contributed by atoms with van der Waals surface area (Å²) in [7, 11) is 0. The fraction of sp³-hybridized carbons (Fsp3) is 0.571. The Morgan fingerprint density at radius 3 is 2.38 bits per heavy atom. The number of halogens is 1. The van der Waals surface area contributed by atoms with Crippen LogP contribution in [0.1, 0.15) is 44.6 Å². The first-order chi connectivity index (χ1) is 7.68. The van der Waals surface area contributed by atoms with Crippen LogP contribution in [-0.2, 0) is 0 Å². The van der Waals surface area contributed by atoms with E-state index >= 15 is 0 Å². The fourth-order valence-electron chi connectivity index (χ4n) is 2.33. The van der Waals surface area contributed by atoms with Gasteiger partial charge in [-0.2, -0.15) is 0 Å². The maximum atomic E-state index is 13.8. The molecule has 0 aromatic heterocycles. The highest BCUT2D eigenvalue weighted by molar-refractivity contribution is 5.49. The molecule has 0 N–H and O–H groups in total. The van der Waals surface area contributed by atoms with Crippen molar-refractivity contribution in [3.63, 3.8) is 0 Å². The van der Waals surface area contributed by atoms with Gasteiger partial charge in [-0.3, -0.25) is 0 Å². The van der Waals surface area contributed by atoms with Crippen LogP contribution in [0.2, 0.25) is 0 Å². The number of rotatable bonds is 2. The van der Waals surface area contributed by atoms with E-state index in [1.807, 2.05) is 19.9 Å². The van der Waals surface area contributed by atoms with Crippen LogP contribution < -0.4 is 4.90 Å². The normalized spacial score (nSPS) is 16.9. The van der Waals surface area contributed by atoms with Gasteiger partial charge in [0.15, 0.2) is 0 Å². The van der Waals surface area contributed by atoms with E-state index < -0.39 is 0 Å². The molecule has 1 fully saturated rings. The van der Waals surface area contributed by atoms with Crippen molar-refractivity contribution < 1.29 is 4.39 Å². The Labute approximate surface area is 97.3 Å². The summed E-state index contributed by atoms with van der Waals surface area (Å²) in [4.78, 5) is 2.29. The van der Waals surface area contributed by atoms with E-state index in [0.717, 1.165) is 24.3 Å². The monoisotopic (exact) mass is 221 g/mol. The molecule has 1 aromatic rings. The third kappa shape index (κ3) is 2.37. The molecule has 0 unspecified atom stereocenters. The van der Waals surface area contributed by atoms with E-state index in [-0.39, 0.29) is 11.7 Å². The molecule has 88 valence electrons. The summed E-state index contributed by atoms with van der Waals surface area (Å²) in [6.45, 7) is 6.19. The fourth-order valence-corrected chi connectivity index (χ4v) is 2.33. The number of nitrogens with zero attached hydrogens (tertiary/aromatic N) is 1. The van der Waals surface area contributed by atoms with Crippen LogP contribution in [0.4, 0.5) is 10.1 Å². The van der Waals surface area contributed by atoms with Gasteiger partial charge < -0.3 is 4.90 Å². The van der Waals surface area contributed by atoms with Crippen LogP contribution in [0.25, 0.3) is 0 Å². The Kier molecular flexibility index (Phi) is 3.47. The van der Waals surface area contributed by atoms with Gasteiger partial charge in [0, 0.05) is 18.8 Å². The van der Waals surface area contributed by atoms with Crippen LogP contribution >= 0.6 is 0 Å². The van der Waals surface area contributed by atoms with E-state index in [0.29, 0.717) is 0 Å². The van der Waals surface area contributed by atoms with Gasteiger partial charge in [-0.15, -0.1) is 0 Å². The van der Waals surface area contributed by atoms with E-state index in [1.165, 1.54) is 19.3 Å². The molecule has 0 atom stereocenters. The second kappa shape index (κ2) is 4.86. The van der Waals surface area contributed by atoms with Crippen LogP contribution in [0.15, 0.2) is 18.2 Å². The molecule has 0 aliphatic carbocycles. The summed E-state index contributed by atoms with van der Waals surface area (Å²) < 4.78 is 13.8. The maximum absolute atomic E-state index is 13.8. The molecule has 1 aromatic carbocycles. The number of hydrogen-bond acceptors (Lipinski definition) is 1. The van der Waals surface area contributed by atoms with E-state index in [9.17, 15) is 4.39 Å². The molecule has 1 heterocycles. The second-order valence-electron chi connectivity index (χ2n) is 4.91. The number of anilines is 1. The number of hydrogen-bond donors (Lipinski definition) is 0. The van der Waals surface area contributed by atoms with Crippen LogP contribution in [0.5, 0.6) is 0 Å². The van der Waals surface area contributed by atoms with Crippen LogP contribution in [0, 0.1) is 5.82 Å². The first kappa shape index (κ1) is 11.4. The standard InChI is InChI=1S/C14H20FN/c1-11(2)13-7-6-12(10-14(13)15)16-8-4-3-5-9-16/h6-7,10-11H,3-5,8-9H2,1-2H3. The van der Waals surface area contributed by atoms with Gasteiger partial charge in [0.2, 0.25) is 0 Å². The molecule has 0 bridgehead atoms. The number of piperidine rings is 1. The summed E-state index contributed by atoms with van der Waals surface area (Å²) >= 11 is 0. The molecule has 0 spiro atoms. The lowest BCUT2D eigenvalue weighted by Crippen LogP contribution is -2.29. The Hall–Kier alpha value is -1.05. The maximum Gasteiger partial charge on any atom is 0.128 e. The van der Waals surface area contributed by atoms with E-state index in [4.69, 9.17) is 0 Å². The Morgan fingerprint density at radius 1 is 1.12 bits per heavy atom. The van der Waals surface area contributed by atoms with Gasteiger partial charge in [0.1, 0.15) is 5.82 Å². The van der Waals surface area contributed by atoms with Gasteiger partial charge in [-0.25, -0.2) is 4.39 Å². The molecule has 2 heteroatoms. The first-order valence-corrected chi connectivity index (χ1v) is 6.23. The van der Waals surface area contributed by atoms with Crippen molar-refractivity contribution in [2.24, 2.45) is 0 Å². The molecule has 0 radical (unpaired) electrons. The lowest BCUT2D eigenvalue weighted by molar-refractivity contribution is 0.570. The van der Waals surface area contributed by atoms with Crippen molar-refractivity contribution in [3.05, 3.63) is 29.6 Å². The SMILES string of the molecule is CC(C)c1ccc(N2CCCCC2)cc1F. The van der Waals surface area contributed by atoms with Crippen LogP contribution in [-0.4, -0.2) is 13.1 Å². The summed E-state index contributed by atoms with van der Waals surface area (Å²) in [5.41, 5.74) is 1.86. The minimum Gasteiger partial charge on any atom is -0.371 e. The van der Waals surface area contributed by atoms with Crippen molar-refractivity contribution in [1.29, 1.82) is 0 Å². The van der Waals surface area contributed by atoms with Gasteiger partial charge in [0.25, 0.3) is 0 Å². The smallest absolute Gasteiger partial charge is 0.128 e. The van der Waals surface area contributed by atoms with Gasteiger partial charge in [-0.1, -0.05) is 19.9 Å². The van der Waals surface area contributed by atoms with Crippen molar-refractivity contribution in [1.82, 2.24) is 0 Å². The predicted molar refractivity (Wildman–Crippen MR) is 66.6 cm³/mol. The predicted octanol–water partition coefficient (Wildman–Crippen LogP) is 3.94. The molecule has 1 aliphatic rings. The Bertz CT molecular complexity index is 354. The van der Waals surface area contributed by atoms with E-state index in [2.05, 4.69) is 11.0 Å². The molecule has 2 rings (SSSR count). The molecule has 0 amide bonds. The molecule has 1 saturated heterocycles. The quantitative estimate of drug-likeness (QED) is 0.731. The zero-order chi connectivity index (χ0) is 11.5. The van der Waals surface area contributed by atoms with Crippen LogP contribution in [0.3, 0.4) is 0 Å². The summed E-state index contributed by atoms with van der Waals surface area (Å²) in [6, 6.07) is 5.69. The third-order valence-electron chi connectivity index (χ3n) is 3.33. The zero-order valence-electron chi connectivity index (χ0n) is 10.2.